The van der Waals surface area contributed by atoms with Gasteiger partial charge in [0.15, 0.2) is 0 Å². The molecule has 1 saturated heterocycles. The van der Waals surface area contributed by atoms with Crippen LogP contribution in [0, 0.1) is 0 Å². The zero-order valence-electron chi connectivity index (χ0n) is 12.0. The summed E-state index contributed by atoms with van der Waals surface area (Å²) in [5.74, 6) is 0.565. The predicted molar refractivity (Wildman–Crippen MR) is 75.8 cm³/mol. The summed E-state index contributed by atoms with van der Waals surface area (Å²) in [4.78, 5) is 14.4. The van der Waals surface area contributed by atoms with E-state index in [9.17, 15) is 0 Å². The number of aromatic nitrogens is 3. The Hall–Kier alpha value is -1.67. The Bertz CT molecular complexity index is 430. The number of hydrogen-bond donors (Lipinski definition) is 2. The van der Waals surface area contributed by atoms with E-state index < -0.39 is 0 Å². The topological polar surface area (TPSA) is 98.4 Å². The number of likely N-dealkylation sites (N-methyl/N-ethyl adjacent to an activating group) is 1. The quantitative estimate of drug-likeness (QED) is 0.751. The minimum Gasteiger partial charge on any atom is -0.463 e. The lowest BCUT2D eigenvalue weighted by atomic mass is 10.3. The number of anilines is 2. The highest BCUT2D eigenvalue weighted by Crippen LogP contribution is 2.10. The molecule has 8 nitrogen and oxygen atoms in total. The lowest BCUT2D eigenvalue weighted by Crippen LogP contribution is -2.43. The van der Waals surface area contributed by atoms with Gasteiger partial charge in [-0.2, -0.15) is 15.0 Å². The summed E-state index contributed by atoms with van der Waals surface area (Å²) < 4.78 is 11.0. The first kappa shape index (κ1) is 14.7. The molecule has 0 aliphatic carbocycles. The molecule has 3 N–H and O–H groups in total. The summed E-state index contributed by atoms with van der Waals surface area (Å²) in [6, 6.07) is 0.253. The second kappa shape index (κ2) is 7.20. The molecule has 112 valence electrons. The fourth-order valence-corrected chi connectivity index (χ4v) is 1.90. The second-order valence-electron chi connectivity index (χ2n) is 4.78. The Morgan fingerprint density at radius 3 is 3.05 bits per heavy atom. The molecule has 1 fully saturated rings. The molecule has 0 aromatic carbocycles. The van der Waals surface area contributed by atoms with Crippen LogP contribution in [0.5, 0.6) is 6.01 Å². The Kier molecular flexibility index (Phi) is 5.31. The average molecular weight is 282 g/mol. The average Bonchev–Trinajstić information content (AvgIpc) is 2.42. The first-order valence-electron chi connectivity index (χ1n) is 6.85. The van der Waals surface area contributed by atoms with E-state index in [0.29, 0.717) is 19.1 Å². The Morgan fingerprint density at radius 1 is 1.45 bits per heavy atom. The van der Waals surface area contributed by atoms with Gasteiger partial charge in [-0.05, 0) is 13.5 Å². The third-order valence-electron chi connectivity index (χ3n) is 2.90. The van der Waals surface area contributed by atoms with Crippen LogP contribution in [-0.4, -0.2) is 65.9 Å². The van der Waals surface area contributed by atoms with E-state index in [1.54, 1.807) is 0 Å². The zero-order valence-corrected chi connectivity index (χ0v) is 12.0. The van der Waals surface area contributed by atoms with Crippen LogP contribution in [0.2, 0.25) is 0 Å². The van der Waals surface area contributed by atoms with Gasteiger partial charge in [-0.3, -0.25) is 0 Å². The van der Waals surface area contributed by atoms with E-state index in [-0.39, 0.29) is 18.1 Å². The largest absolute Gasteiger partial charge is 0.463 e. The third-order valence-corrected chi connectivity index (χ3v) is 2.90. The van der Waals surface area contributed by atoms with Crippen LogP contribution < -0.4 is 15.8 Å². The van der Waals surface area contributed by atoms with Crippen LogP contribution >= 0.6 is 0 Å². The van der Waals surface area contributed by atoms with Gasteiger partial charge < -0.3 is 25.4 Å². The molecule has 0 spiro atoms. The number of nitrogens with two attached hydrogens (primary N) is 1. The van der Waals surface area contributed by atoms with Crippen molar-refractivity contribution in [3.8, 4) is 6.01 Å². The van der Waals surface area contributed by atoms with Crippen molar-refractivity contribution in [2.24, 2.45) is 0 Å². The van der Waals surface area contributed by atoms with E-state index in [4.69, 9.17) is 15.2 Å². The van der Waals surface area contributed by atoms with Crippen molar-refractivity contribution in [3.63, 3.8) is 0 Å². The van der Waals surface area contributed by atoms with Gasteiger partial charge >= 0.3 is 6.01 Å². The normalized spacial score (nSPS) is 19.8. The fraction of sp³-hybridized carbons (Fsp3) is 0.750. The number of nitrogens with one attached hydrogen (secondary N) is 1. The number of morpholine rings is 1. The lowest BCUT2D eigenvalue weighted by Gasteiger charge is -2.30. The lowest BCUT2D eigenvalue weighted by molar-refractivity contribution is -0.0118. The molecule has 1 aromatic rings. The van der Waals surface area contributed by atoms with Crippen LogP contribution in [0.3, 0.4) is 0 Å². The van der Waals surface area contributed by atoms with Crippen molar-refractivity contribution in [1.29, 1.82) is 0 Å². The van der Waals surface area contributed by atoms with Crippen LogP contribution in [0.4, 0.5) is 11.9 Å². The molecule has 0 amide bonds. The molecule has 1 atom stereocenters. The van der Waals surface area contributed by atoms with Gasteiger partial charge in [0.2, 0.25) is 11.9 Å². The summed E-state index contributed by atoms with van der Waals surface area (Å²) in [6.45, 7) is 5.78. The van der Waals surface area contributed by atoms with E-state index in [0.717, 1.165) is 26.1 Å². The van der Waals surface area contributed by atoms with Crippen molar-refractivity contribution in [3.05, 3.63) is 0 Å². The molecule has 20 heavy (non-hydrogen) atoms. The molecular weight excluding hydrogens is 260 g/mol. The van der Waals surface area contributed by atoms with Crippen molar-refractivity contribution in [2.75, 3.05) is 50.9 Å². The van der Waals surface area contributed by atoms with Gasteiger partial charge in [-0.15, -0.1) is 0 Å². The molecule has 8 heteroatoms. The molecule has 0 saturated carbocycles. The minimum absolute atomic E-state index is 0.117. The van der Waals surface area contributed by atoms with Crippen LogP contribution in [-0.2, 0) is 4.74 Å². The van der Waals surface area contributed by atoms with Gasteiger partial charge in [0.25, 0.3) is 0 Å². The van der Waals surface area contributed by atoms with E-state index in [2.05, 4.69) is 32.2 Å². The summed E-state index contributed by atoms with van der Waals surface area (Å²) >= 11 is 0. The standard InChI is InChI=1S/C12H22N6O2/c1-3-5-20-12-16-10(13)15-11(17-12)14-7-9-8-18(2)4-6-19-9/h9H,3-8H2,1-2H3,(H3,13,14,15,16,17). The zero-order chi connectivity index (χ0) is 14.4. The van der Waals surface area contributed by atoms with E-state index >= 15 is 0 Å². The SMILES string of the molecule is CCCOc1nc(N)nc(NCC2CN(C)CCO2)n1. The summed E-state index contributed by atoms with van der Waals surface area (Å²) in [6.07, 6.45) is 1.00. The number of ether oxygens (including phenoxy) is 2. The van der Waals surface area contributed by atoms with Crippen molar-refractivity contribution in [1.82, 2.24) is 19.9 Å². The molecule has 2 rings (SSSR count). The van der Waals surface area contributed by atoms with E-state index in [1.165, 1.54) is 0 Å². The Balaban J connectivity index is 1.89. The number of rotatable bonds is 6. The molecule has 1 unspecified atom stereocenters. The number of hydrogen-bond acceptors (Lipinski definition) is 8. The molecule has 1 aliphatic heterocycles. The first-order valence-corrected chi connectivity index (χ1v) is 6.85. The fourth-order valence-electron chi connectivity index (χ4n) is 1.90. The van der Waals surface area contributed by atoms with Crippen molar-refractivity contribution in [2.45, 2.75) is 19.4 Å². The first-order chi connectivity index (χ1) is 9.67. The molecule has 1 aromatic heterocycles. The Morgan fingerprint density at radius 2 is 2.30 bits per heavy atom. The summed E-state index contributed by atoms with van der Waals surface area (Å²) in [5, 5.41) is 3.12. The third kappa shape index (κ3) is 4.46. The van der Waals surface area contributed by atoms with Crippen molar-refractivity contribution < 1.29 is 9.47 Å². The van der Waals surface area contributed by atoms with Crippen LogP contribution in [0.15, 0.2) is 0 Å². The number of nitrogens with zero attached hydrogens (tertiary/aromatic N) is 4. The molecule has 1 aliphatic rings. The van der Waals surface area contributed by atoms with E-state index in [1.807, 2.05) is 6.92 Å². The molecule has 0 radical (unpaired) electrons. The number of nitrogen functional groups attached to an aromatic ring is 1. The molecular formula is C12H22N6O2. The Labute approximate surface area is 118 Å². The highest BCUT2D eigenvalue weighted by Gasteiger charge is 2.18. The predicted octanol–water partition coefficient (Wildman–Crippen LogP) is -0.0149. The highest BCUT2D eigenvalue weighted by molar-refractivity contribution is 5.32. The van der Waals surface area contributed by atoms with Gasteiger partial charge in [0.05, 0.1) is 19.3 Å². The van der Waals surface area contributed by atoms with Gasteiger partial charge in [0, 0.05) is 19.6 Å². The van der Waals surface area contributed by atoms with Gasteiger partial charge in [0.1, 0.15) is 0 Å². The van der Waals surface area contributed by atoms with Crippen LogP contribution in [0.1, 0.15) is 13.3 Å². The second-order valence-corrected chi connectivity index (χ2v) is 4.78. The maximum Gasteiger partial charge on any atom is 0.323 e. The highest BCUT2D eigenvalue weighted by atomic mass is 16.5. The molecule has 2 heterocycles. The summed E-state index contributed by atoms with van der Waals surface area (Å²) in [7, 11) is 2.08. The van der Waals surface area contributed by atoms with Crippen LogP contribution in [0.25, 0.3) is 0 Å². The maximum atomic E-state index is 5.66. The monoisotopic (exact) mass is 282 g/mol. The molecule has 0 bridgehead atoms. The maximum absolute atomic E-state index is 5.66. The summed E-state index contributed by atoms with van der Waals surface area (Å²) in [5.41, 5.74) is 5.64. The van der Waals surface area contributed by atoms with Gasteiger partial charge in [-0.25, -0.2) is 0 Å². The smallest absolute Gasteiger partial charge is 0.323 e. The minimum atomic E-state index is 0.117. The van der Waals surface area contributed by atoms with Crippen molar-refractivity contribution >= 4 is 11.9 Å². The van der Waals surface area contributed by atoms with Gasteiger partial charge in [-0.1, -0.05) is 6.92 Å².